The smallest absolute Gasteiger partial charge is 0.185 e. The van der Waals surface area contributed by atoms with Gasteiger partial charge in [-0.1, -0.05) is 19.0 Å². The van der Waals surface area contributed by atoms with Crippen molar-refractivity contribution in [1.29, 1.82) is 0 Å². The molecule has 0 bridgehead atoms. The molecule has 0 radical (unpaired) electrons. The molecule has 3 heteroatoms. The van der Waals surface area contributed by atoms with Crippen molar-refractivity contribution in [3.8, 4) is 0 Å². The van der Waals surface area contributed by atoms with Crippen LogP contribution in [0.2, 0.25) is 0 Å². The Labute approximate surface area is 72.8 Å². The van der Waals surface area contributed by atoms with E-state index in [2.05, 4.69) is 9.99 Å². The zero-order valence-corrected chi connectivity index (χ0v) is 7.89. The predicted octanol–water partition coefficient (Wildman–Crippen LogP) is 1.77. The van der Waals surface area contributed by atoms with Gasteiger partial charge in [0.25, 0.3) is 0 Å². The Morgan fingerprint density at radius 3 is 2.75 bits per heavy atom. The van der Waals surface area contributed by atoms with Crippen LogP contribution < -0.4 is 0 Å². The second-order valence-electron chi connectivity index (χ2n) is 3.79. The molecule has 0 saturated heterocycles. The first-order chi connectivity index (χ1) is 5.58. The monoisotopic (exact) mass is 169 g/mol. The molecule has 3 nitrogen and oxygen atoms in total. The lowest BCUT2D eigenvalue weighted by molar-refractivity contribution is -0.121. The van der Waals surface area contributed by atoms with Crippen LogP contribution >= 0.6 is 0 Å². The maximum Gasteiger partial charge on any atom is 0.185 e. The number of nitrogens with zero attached hydrogens (tertiary/aromatic N) is 1. The van der Waals surface area contributed by atoms with Gasteiger partial charge in [-0.05, 0) is 19.3 Å². The van der Waals surface area contributed by atoms with Crippen molar-refractivity contribution < 1.29 is 9.63 Å². The van der Waals surface area contributed by atoms with Gasteiger partial charge in [0, 0.05) is 5.41 Å². The van der Waals surface area contributed by atoms with Gasteiger partial charge in [0.2, 0.25) is 0 Å². The van der Waals surface area contributed by atoms with Crippen LogP contribution in [0.3, 0.4) is 0 Å². The average Bonchev–Trinajstić information content (AvgIpc) is 1.99. The molecule has 0 aromatic carbocycles. The van der Waals surface area contributed by atoms with Gasteiger partial charge in [-0.15, -0.1) is 0 Å². The maximum atomic E-state index is 11.6. The van der Waals surface area contributed by atoms with E-state index < -0.39 is 0 Å². The van der Waals surface area contributed by atoms with Gasteiger partial charge >= 0.3 is 0 Å². The van der Waals surface area contributed by atoms with Crippen molar-refractivity contribution in [2.75, 3.05) is 7.11 Å². The van der Waals surface area contributed by atoms with Crippen LogP contribution in [0.5, 0.6) is 0 Å². The highest BCUT2D eigenvalue weighted by Crippen LogP contribution is 2.30. The lowest BCUT2D eigenvalue weighted by atomic mass is 9.75. The molecule has 1 fully saturated rings. The lowest BCUT2D eigenvalue weighted by Gasteiger charge is -2.27. The molecule has 0 atom stereocenters. The minimum atomic E-state index is -0.240. The van der Waals surface area contributed by atoms with Gasteiger partial charge in [-0.3, -0.25) is 4.79 Å². The first-order valence-corrected chi connectivity index (χ1v) is 4.23. The molecule has 1 aliphatic carbocycles. The largest absolute Gasteiger partial charge is 0.399 e. The van der Waals surface area contributed by atoms with Crippen molar-refractivity contribution in [1.82, 2.24) is 0 Å². The SMILES string of the molecule is CO/N=C1/CCCC(C)(C)C1=O. The molecule has 0 heterocycles. The van der Waals surface area contributed by atoms with Gasteiger partial charge in [0.15, 0.2) is 5.78 Å². The Morgan fingerprint density at radius 2 is 2.17 bits per heavy atom. The number of hydrogen-bond acceptors (Lipinski definition) is 3. The molecule has 0 unspecified atom stereocenters. The highest BCUT2D eigenvalue weighted by molar-refractivity contribution is 6.41. The Balaban J connectivity index is 2.80. The van der Waals surface area contributed by atoms with E-state index in [4.69, 9.17) is 0 Å². The van der Waals surface area contributed by atoms with E-state index in [1.165, 1.54) is 7.11 Å². The second kappa shape index (κ2) is 3.25. The van der Waals surface area contributed by atoms with Gasteiger partial charge in [-0.2, -0.15) is 0 Å². The molecule has 68 valence electrons. The Kier molecular flexibility index (Phi) is 2.50. The number of oxime groups is 1. The van der Waals surface area contributed by atoms with Gasteiger partial charge in [0.1, 0.15) is 12.8 Å². The van der Waals surface area contributed by atoms with E-state index in [9.17, 15) is 4.79 Å². The normalized spacial score (nSPS) is 25.9. The molecule has 0 spiro atoms. The molecule has 0 aliphatic heterocycles. The summed E-state index contributed by atoms with van der Waals surface area (Å²) < 4.78 is 0. The molecular weight excluding hydrogens is 154 g/mol. The topological polar surface area (TPSA) is 38.7 Å². The van der Waals surface area contributed by atoms with Crippen LogP contribution in [0, 0.1) is 5.41 Å². The van der Waals surface area contributed by atoms with E-state index in [-0.39, 0.29) is 11.2 Å². The zero-order valence-electron chi connectivity index (χ0n) is 7.89. The molecule has 0 amide bonds. The maximum absolute atomic E-state index is 11.6. The van der Waals surface area contributed by atoms with Gasteiger partial charge in [-0.25, -0.2) is 0 Å². The van der Waals surface area contributed by atoms with Crippen molar-refractivity contribution in [3.05, 3.63) is 0 Å². The van der Waals surface area contributed by atoms with E-state index in [1.807, 2.05) is 13.8 Å². The molecule has 0 N–H and O–H groups in total. The fourth-order valence-electron chi connectivity index (χ4n) is 1.51. The van der Waals surface area contributed by atoms with Crippen LogP contribution in [-0.2, 0) is 9.63 Å². The average molecular weight is 169 g/mol. The zero-order chi connectivity index (χ0) is 9.19. The van der Waals surface area contributed by atoms with Gasteiger partial charge < -0.3 is 4.84 Å². The summed E-state index contributed by atoms with van der Waals surface area (Å²) in [6.45, 7) is 3.92. The molecular formula is C9H15NO2. The third kappa shape index (κ3) is 1.65. The summed E-state index contributed by atoms with van der Waals surface area (Å²) in [4.78, 5) is 16.2. The summed E-state index contributed by atoms with van der Waals surface area (Å²) in [5.41, 5.74) is 0.351. The van der Waals surface area contributed by atoms with Crippen molar-refractivity contribution in [3.63, 3.8) is 0 Å². The van der Waals surface area contributed by atoms with E-state index in [0.717, 1.165) is 19.3 Å². The summed E-state index contributed by atoms with van der Waals surface area (Å²) in [7, 11) is 1.47. The van der Waals surface area contributed by atoms with Crippen LogP contribution in [0.15, 0.2) is 5.16 Å². The van der Waals surface area contributed by atoms with Gasteiger partial charge in [0.05, 0.1) is 0 Å². The number of rotatable bonds is 1. The fraction of sp³-hybridized carbons (Fsp3) is 0.778. The van der Waals surface area contributed by atoms with E-state index in [1.54, 1.807) is 0 Å². The fourth-order valence-corrected chi connectivity index (χ4v) is 1.51. The molecule has 1 aliphatic rings. The first kappa shape index (κ1) is 9.23. The third-order valence-electron chi connectivity index (χ3n) is 2.29. The number of ketones is 1. The number of carbonyl (C=O) groups is 1. The summed E-state index contributed by atoms with van der Waals surface area (Å²) in [6.07, 6.45) is 2.74. The van der Waals surface area contributed by atoms with Crippen LogP contribution in [0.1, 0.15) is 33.1 Å². The highest BCUT2D eigenvalue weighted by Gasteiger charge is 2.34. The summed E-state index contributed by atoms with van der Waals surface area (Å²) >= 11 is 0. The molecule has 1 rings (SSSR count). The van der Waals surface area contributed by atoms with E-state index in [0.29, 0.717) is 5.71 Å². The summed E-state index contributed by atoms with van der Waals surface area (Å²) in [5.74, 6) is 0.135. The minimum absolute atomic E-state index is 0.135. The van der Waals surface area contributed by atoms with Crippen LogP contribution in [-0.4, -0.2) is 18.6 Å². The highest BCUT2D eigenvalue weighted by atomic mass is 16.6. The standard InChI is InChI=1S/C9H15NO2/c1-9(2)6-4-5-7(8(9)11)10-12-3/h4-6H2,1-3H3/b10-7-. The second-order valence-corrected chi connectivity index (χ2v) is 3.79. The van der Waals surface area contributed by atoms with Crippen molar-refractivity contribution in [2.45, 2.75) is 33.1 Å². The van der Waals surface area contributed by atoms with Crippen LogP contribution in [0.25, 0.3) is 0 Å². The van der Waals surface area contributed by atoms with Crippen molar-refractivity contribution >= 4 is 11.5 Å². The quantitative estimate of drug-likeness (QED) is 0.561. The minimum Gasteiger partial charge on any atom is -0.399 e. The number of hydrogen-bond donors (Lipinski definition) is 0. The molecule has 12 heavy (non-hydrogen) atoms. The number of carbonyl (C=O) groups excluding carboxylic acids is 1. The predicted molar refractivity (Wildman–Crippen MR) is 47.1 cm³/mol. The molecule has 0 aromatic heterocycles. The molecule has 0 aromatic rings. The Bertz CT molecular complexity index is 219. The Hall–Kier alpha value is -0.860. The molecule has 1 saturated carbocycles. The lowest BCUT2D eigenvalue weighted by Crippen LogP contribution is -2.35. The first-order valence-electron chi connectivity index (χ1n) is 4.23. The van der Waals surface area contributed by atoms with Crippen molar-refractivity contribution in [2.24, 2.45) is 10.6 Å². The summed E-state index contributed by atoms with van der Waals surface area (Å²) in [5, 5.41) is 3.73. The van der Waals surface area contributed by atoms with Crippen LogP contribution in [0.4, 0.5) is 0 Å². The van der Waals surface area contributed by atoms with E-state index >= 15 is 0 Å². The third-order valence-corrected chi connectivity index (χ3v) is 2.29. The summed E-state index contributed by atoms with van der Waals surface area (Å²) in [6, 6.07) is 0. The number of Topliss-reactive ketones (excluding diaryl/α,β-unsaturated/α-hetero) is 1. The Morgan fingerprint density at radius 1 is 1.50 bits per heavy atom.